The molecule has 0 fully saturated rings. The van der Waals surface area contributed by atoms with Gasteiger partial charge in [-0.2, -0.15) is 5.26 Å². The van der Waals surface area contributed by atoms with Crippen molar-refractivity contribution in [3.05, 3.63) is 40.7 Å². The molecule has 0 unspecified atom stereocenters. The number of aromatic carboxylic acids is 2. The van der Waals surface area contributed by atoms with E-state index in [1.54, 1.807) is 0 Å². The van der Waals surface area contributed by atoms with Crippen LogP contribution in [0.25, 0.3) is 5.69 Å². The fourth-order valence-corrected chi connectivity index (χ4v) is 2.06. The fourth-order valence-electron chi connectivity index (χ4n) is 2.06. The summed E-state index contributed by atoms with van der Waals surface area (Å²) in [5.41, 5.74) is 0.473. The first-order valence-electron chi connectivity index (χ1n) is 6.33. The first-order chi connectivity index (χ1) is 10.3. The van der Waals surface area contributed by atoms with Crippen LogP contribution in [0.3, 0.4) is 0 Å². The number of carboxylic acid groups (broad SMARTS) is 2. The summed E-state index contributed by atoms with van der Waals surface area (Å²) in [5, 5.41) is 34.8. The van der Waals surface area contributed by atoms with Gasteiger partial charge in [0.05, 0.1) is 22.5 Å². The third kappa shape index (κ3) is 2.64. The van der Waals surface area contributed by atoms with Crippen molar-refractivity contribution >= 4 is 11.9 Å². The van der Waals surface area contributed by atoms with E-state index in [1.807, 2.05) is 19.9 Å². The van der Waals surface area contributed by atoms with Gasteiger partial charge in [0.15, 0.2) is 5.69 Å². The van der Waals surface area contributed by atoms with Gasteiger partial charge in [0.2, 0.25) is 0 Å². The van der Waals surface area contributed by atoms with Gasteiger partial charge in [-0.1, -0.05) is 19.1 Å². The molecule has 0 saturated heterocycles. The molecule has 0 bridgehead atoms. The van der Waals surface area contributed by atoms with Gasteiger partial charge < -0.3 is 10.2 Å². The summed E-state index contributed by atoms with van der Waals surface area (Å²) in [6, 6.07) is 5.55. The van der Waals surface area contributed by atoms with Gasteiger partial charge in [-0.25, -0.2) is 14.3 Å². The van der Waals surface area contributed by atoms with Crippen LogP contribution in [0.1, 0.15) is 51.9 Å². The van der Waals surface area contributed by atoms with Crippen LogP contribution in [0.2, 0.25) is 0 Å². The molecule has 0 radical (unpaired) electrons. The number of nitriles is 1. The van der Waals surface area contributed by atoms with Gasteiger partial charge in [0.25, 0.3) is 0 Å². The van der Waals surface area contributed by atoms with Gasteiger partial charge in [0.1, 0.15) is 6.07 Å². The molecule has 8 nitrogen and oxygen atoms in total. The van der Waals surface area contributed by atoms with Crippen molar-refractivity contribution in [2.75, 3.05) is 0 Å². The van der Waals surface area contributed by atoms with Crippen molar-refractivity contribution < 1.29 is 19.8 Å². The van der Waals surface area contributed by atoms with Gasteiger partial charge >= 0.3 is 11.9 Å². The molecule has 112 valence electrons. The number of benzene rings is 1. The summed E-state index contributed by atoms with van der Waals surface area (Å²) in [6.07, 6.45) is 0. The lowest BCUT2D eigenvalue weighted by atomic mass is 10.1. The van der Waals surface area contributed by atoms with E-state index in [9.17, 15) is 9.59 Å². The van der Waals surface area contributed by atoms with Crippen molar-refractivity contribution in [3.8, 4) is 11.8 Å². The molecule has 0 amide bonds. The Labute approximate surface area is 125 Å². The summed E-state index contributed by atoms with van der Waals surface area (Å²) in [6.45, 7) is 3.66. The third-order valence-corrected chi connectivity index (χ3v) is 3.01. The number of carboxylic acids is 2. The van der Waals surface area contributed by atoms with Crippen molar-refractivity contribution in [2.24, 2.45) is 0 Å². The van der Waals surface area contributed by atoms with Crippen LogP contribution in [0.15, 0.2) is 18.2 Å². The largest absolute Gasteiger partial charge is 0.478 e. The van der Waals surface area contributed by atoms with E-state index in [0.717, 1.165) is 6.07 Å². The number of carbonyl (C=O) groups is 2. The monoisotopic (exact) mass is 300 g/mol. The molecule has 0 aliphatic heterocycles. The maximum absolute atomic E-state index is 11.1. The van der Waals surface area contributed by atoms with Gasteiger partial charge in [-0.05, 0) is 24.1 Å². The molecule has 2 rings (SSSR count). The number of hydrogen-bond donors (Lipinski definition) is 2. The molecule has 0 aliphatic carbocycles. The Kier molecular flexibility index (Phi) is 3.90. The molecule has 2 aromatic rings. The minimum absolute atomic E-state index is 0.105. The lowest BCUT2D eigenvalue weighted by Gasteiger charge is -2.10. The quantitative estimate of drug-likeness (QED) is 0.878. The number of hydrogen-bond acceptors (Lipinski definition) is 5. The molecule has 2 N–H and O–H groups in total. The van der Waals surface area contributed by atoms with Gasteiger partial charge in [-0.15, -0.1) is 5.10 Å². The second-order valence-electron chi connectivity index (χ2n) is 4.88. The topological polar surface area (TPSA) is 129 Å². The molecule has 1 aromatic heterocycles. The first-order valence-corrected chi connectivity index (χ1v) is 6.33. The molecular formula is C14H12N4O4. The van der Waals surface area contributed by atoms with E-state index in [-0.39, 0.29) is 28.4 Å². The zero-order valence-electron chi connectivity index (χ0n) is 11.8. The lowest BCUT2D eigenvalue weighted by Crippen LogP contribution is -2.09. The highest BCUT2D eigenvalue weighted by molar-refractivity contribution is 5.94. The lowest BCUT2D eigenvalue weighted by molar-refractivity contribution is 0.0696. The Morgan fingerprint density at radius 2 is 1.73 bits per heavy atom. The van der Waals surface area contributed by atoms with Crippen LogP contribution >= 0.6 is 0 Å². The summed E-state index contributed by atoms with van der Waals surface area (Å²) in [4.78, 5) is 22.3. The summed E-state index contributed by atoms with van der Waals surface area (Å²) < 4.78 is 1.29. The summed E-state index contributed by atoms with van der Waals surface area (Å²) in [5.74, 6) is -2.61. The standard InChI is InChI=1S/C14H12N4O4/c1-7(2)12-11(6-15)16-17-18(12)10-4-8(13(19)20)3-9(5-10)14(21)22/h3-5,7H,1-2H3,(H,19,20)(H,21,22). The second kappa shape index (κ2) is 5.65. The second-order valence-corrected chi connectivity index (χ2v) is 4.88. The minimum atomic E-state index is -1.25. The molecule has 0 aliphatic rings. The SMILES string of the molecule is CC(C)c1c(C#N)nnn1-c1cc(C(=O)O)cc(C(=O)O)c1. The first kappa shape index (κ1) is 15.2. The average Bonchev–Trinajstić information content (AvgIpc) is 2.90. The Morgan fingerprint density at radius 1 is 1.18 bits per heavy atom. The van der Waals surface area contributed by atoms with E-state index >= 15 is 0 Å². The number of nitrogens with zero attached hydrogens (tertiary/aromatic N) is 4. The van der Waals surface area contributed by atoms with Crippen molar-refractivity contribution in [2.45, 2.75) is 19.8 Å². The molecule has 0 atom stereocenters. The van der Waals surface area contributed by atoms with E-state index in [4.69, 9.17) is 15.5 Å². The van der Waals surface area contributed by atoms with Crippen LogP contribution in [-0.4, -0.2) is 37.1 Å². The number of rotatable bonds is 4. The predicted octanol–water partition coefficient (Wildman–Crippen LogP) is 1.66. The van der Waals surface area contributed by atoms with Crippen molar-refractivity contribution in [1.29, 1.82) is 5.26 Å². The predicted molar refractivity (Wildman–Crippen MR) is 74.1 cm³/mol. The van der Waals surface area contributed by atoms with Crippen LogP contribution in [0.5, 0.6) is 0 Å². The van der Waals surface area contributed by atoms with E-state index in [2.05, 4.69) is 10.3 Å². The zero-order chi connectivity index (χ0) is 16.4. The summed E-state index contributed by atoms with van der Waals surface area (Å²) in [7, 11) is 0. The van der Waals surface area contributed by atoms with Crippen LogP contribution in [-0.2, 0) is 0 Å². The summed E-state index contributed by atoms with van der Waals surface area (Å²) >= 11 is 0. The maximum atomic E-state index is 11.1. The third-order valence-electron chi connectivity index (χ3n) is 3.01. The average molecular weight is 300 g/mol. The minimum Gasteiger partial charge on any atom is -0.478 e. The molecule has 22 heavy (non-hydrogen) atoms. The normalized spacial score (nSPS) is 10.5. The smallest absolute Gasteiger partial charge is 0.335 e. The van der Waals surface area contributed by atoms with Crippen molar-refractivity contribution in [3.63, 3.8) is 0 Å². The fraction of sp³-hybridized carbons (Fsp3) is 0.214. The molecule has 1 aromatic carbocycles. The van der Waals surface area contributed by atoms with E-state index < -0.39 is 11.9 Å². The van der Waals surface area contributed by atoms with Gasteiger partial charge in [0, 0.05) is 0 Å². The van der Waals surface area contributed by atoms with E-state index in [0.29, 0.717) is 5.69 Å². The Balaban J connectivity index is 2.73. The highest BCUT2D eigenvalue weighted by Crippen LogP contribution is 2.22. The van der Waals surface area contributed by atoms with Crippen LogP contribution in [0.4, 0.5) is 0 Å². The zero-order valence-corrected chi connectivity index (χ0v) is 11.8. The molecule has 0 saturated carbocycles. The highest BCUT2D eigenvalue weighted by atomic mass is 16.4. The number of aromatic nitrogens is 3. The molecule has 1 heterocycles. The van der Waals surface area contributed by atoms with Crippen LogP contribution in [0, 0.1) is 11.3 Å². The maximum Gasteiger partial charge on any atom is 0.335 e. The van der Waals surface area contributed by atoms with Crippen LogP contribution < -0.4 is 0 Å². The van der Waals surface area contributed by atoms with E-state index in [1.165, 1.54) is 16.8 Å². The molecule has 0 spiro atoms. The molecule has 8 heteroatoms. The Hall–Kier alpha value is -3.21. The van der Waals surface area contributed by atoms with Crippen molar-refractivity contribution in [1.82, 2.24) is 15.0 Å². The highest BCUT2D eigenvalue weighted by Gasteiger charge is 2.19. The van der Waals surface area contributed by atoms with Gasteiger partial charge in [-0.3, -0.25) is 0 Å². The Bertz CT molecular complexity index is 769. The molecular weight excluding hydrogens is 288 g/mol. The Morgan fingerprint density at radius 3 is 2.14 bits per heavy atom.